The van der Waals surface area contributed by atoms with Gasteiger partial charge in [0.25, 0.3) is 0 Å². The first-order chi connectivity index (χ1) is 8.59. The van der Waals surface area contributed by atoms with Crippen molar-refractivity contribution in [2.24, 2.45) is 13.0 Å². The molecule has 1 fully saturated rings. The highest BCUT2D eigenvalue weighted by Crippen LogP contribution is 2.24. The highest BCUT2D eigenvalue weighted by Gasteiger charge is 2.24. The van der Waals surface area contributed by atoms with Crippen molar-refractivity contribution in [1.82, 2.24) is 14.9 Å². The van der Waals surface area contributed by atoms with Gasteiger partial charge in [0.1, 0.15) is 0 Å². The molecule has 2 rings (SSSR count). The van der Waals surface area contributed by atoms with Crippen molar-refractivity contribution in [1.29, 1.82) is 0 Å². The second-order valence-electron chi connectivity index (χ2n) is 4.72. The number of aryl methyl sites for hydroxylation is 1. The first-order valence-corrected chi connectivity index (χ1v) is 6.22. The molecule has 0 radical (unpaired) electrons. The van der Waals surface area contributed by atoms with Gasteiger partial charge in [0.2, 0.25) is 11.6 Å². The Kier molecular flexibility index (Phi) is 3.81. The van der Waals surface area contributed by atoms with E-state index in [0.29, 0.717) is 17.6 Å². The third-order valence-electron chi connectivity index (χ3n) is 3.49. The number of piperidine rings is 1. The lowest BCUT2D eigenvalue weighted by atomic mass is 9.98. The number of nitrogens with zero attached hydrogens (tertiary/aromatic N) is 3. The van der Waals surface area contributed by atoms with Crippen molar-refractivity contribution in [3.8, 4) is 0 Å². The molecular weight excluding hydrogens is 234 g/mol. The molecule has 0 bridgehead atoms. The minimum absolute atomic E-state index is 0.0797. The monoisotopic (exact) mass is 253 g/mol. The lowest BCUT2D eigenvalue weighted by Crippen LogP contribution is -2.31. The molecule has 7 heteroatoms. The summed E-state index contributed by atoms with van der Waals surface area (Å²) in [4.78, 5) is 14.4. The first-order valence-electron chi connectivity index (χ1n) is 6.22. The van der Waals surface area contributed by atoms with Crippen molar-refractivity contribution >= 4 is 11.6 Å². The fourth-order valence-corrected chi connectivity index (χ4v) is 2.24. The number of aromatic nitrogens is 2. The van der Waals surface area contributed by atoms with Crippen LogP contribution in [0.15, 0.2) is 0 Å². The average molecular weight is 253 g/mol. The van der Waals surface area contributed by atoms with Crippen LogP contribution in [0, 0.1) is 23.0 Å². The Morgan fingerprint density at radius 3 is 2.83 bits per heavy atom. The van der Waals surface area contributed by atoms with Gasteiger partial charge in [0, 0.05) is 20.5 Å². The van der Waals surface area contributed by atoms with Crippen LogP contribution in [0.4, 0.5) is 11.6 Å². The summed E-state index contributed by atoms with van der Waals surface area (Å²) in [5.74, 6) is 1.65. The molecule has 2 N–H and O–H groups in total. The molecule has 1 saturated heterocycles. The summed E-state index contributed by atoms with van der Waals surface area (Å²) in [6, 6.07) is 0. The van der Waals surface area contributed by atoms with Crippen LogP contribution in [-0.2, 0) is 7.05 Å². The molecule has 18 heavy (non-hydrogen) atoms. The summed E-state index contributed by atoms with van der Waals surface area (Å²) >= 11 is 0. The van der Waals surface area contributed by atoms with Gasteiger partial charge in [-0.2, -0.15) is 0 Å². The molecule has 100 valence electrons. The minimum atomic E-state index is -0.433. The van der Waals surface area contributed by atoms with Gasteiger partial charge < -0.3 is 20.7 Å². The molecule has 0 atom stereocenters. The van der Waals surface area contributed by atoms with E-state index in [2.05, 4.69) is 15.6 Å². The Hall–Kier alpha value is -1.63. The van der Waals surface area contributed by atoms with E-state index in [9.17, 15) is 10.1 Å². The molecular formula is C11H19N5O2. The Morgan fingerprint density at radius 2 is 2.22 bits per heavy atom. The van der Waals surface area contributed by atoms with Crippen molar-refractivity contribution in [3.63, 3.8) is 0 Å². The SMILES string of the molecule is Cc1nc([N+](=O)[O-])c(NCC2CCNCC2)n1C. The summed E-state index contributed by atoms with van der Waals surface area (Å²) in [5.41, 5.74) is 0. The lowest BCUT2D eigenvalue weighted by molar-refractivity contribution is -0.388. The van der Waals surface area contributed by atoms with Crippen molar-refractivity contribution in [2.45, 2.75) is 19.8 Å². The van der Waals surface area contributed by atoms with E-state index < -0.39 is 4.92 Å². The second kappa shape index (κ2) is 5.34. The molecule has 0 spiro atoms. The molecule has 1 aromatic rings. The maximum absolute atomic E-state index is 10.9. The van der Waals surface area contributed by atoms with Gasteiger partial charge in [-0.3, -0.25) is 4.57 Å². The summed E-state index contributed by atoms with van der Waals surface area (Å²) in [6.07, 6.45) is 2.22. The Morgan fingerprint density at radius 1 is 1.56 bits per heavy atom. The molecule has 0 saturated carbocycles. The van der Waals surface area contributed by atoms with Crippen LogP contribution in [0.25, 0.3) is 0 Å². The van der Waals surface area contributed by atoms with E-state index in [4.69, 9.17) is 0 Å². The number of hydrogen-bond donors (Lipinski definition) is 2. The van der Waals surface area contributed by atoms with E-state index in [1.54, 1.807) is 18.5 Å². The summed E-state index contributed by atoms with van der Waals surface area (Å²) in [5, 5.41) is 17.4. The third kappa shape index (κ3) is 2.61. The quantitative estimate of drug-likeness (QED) is 0.619. The number of rotatable bonds is 4. The van der Waals surface area contributed by atoms with Crippen molar-refractivity contribution in [3.05, 3.63) is 15.9 Å². The Balaban J connectivity index is 2.05. The predicted molar refractivity (Wildman–Crippen MR) is 68.7 cm³/mol. The molecule has 0 aromatic carbocycles. The van der Waals surface area contributed by atoms with Gasteiger partial charge in [-0.05, 0) is 41.8 Å². The van der Waals surface area contributed by atoms with Crippen LogP contribution in [0.5, 0.6) is 0 Å². The molecule has 0 aliphatic carbocycles. The lowest BCUT2D eigenvalue weighted by Gasteiger charge is -2.22. The zero-order valence-corrected chi connectivity index (χ0v) is 10.8. The third-order valence-corrected chi connectivity index (χ3v) is 3.49. The average Bonchev–Trinajstić information content (AvgIpc) is 2.65. The number of nitro groups is 1. The van der Waals surface area contributed by atoms with E-state index in [0.717, 1.165) is 32.5 Å². The highest BCUT2D eigenvalue weighted by atomic mass is 16.6. The van der Waals surface area contributed by atoms with E-state index in [1.165, 1.54) is 0 Å². The Bertz CT molecular complexity index is 437. The van der Waals surface area contributed by atoms with E-state index in [-0.39, 0.29) is 5.82 Å². The van der Waals surface area contributed by atoms with Crippen LogP contribution in [-0.4, -0.2) is 34.1 Å². The zero-order chi connectivity index (χ0) is 13.1. The van der Waals surface area contributed by atoms with Crippen LogP contribution in [0.1, 0.15) is 18.7 Å². The number of anilines is 1. The summed E-state index contributed by atoms with van der Waals surface area (Å²) in [7, 11) is 1.79. The van der Waals surface area contributed by atoms with Crippen LogP contribution >= 0.6 is 0 Å². The number of hydrogen-bond acceptors (Lipinski definition) is 5. The maximum Gasteiger partial charge on any atom is 0.406 e. The number of nitrogens with one attached hydrogen (secondary N) is 2. The Labute approximate surface area is 106 Å². The molecule has 1 aromatic heterocycles. The van der Waals surface area contributed by atoms with Gasteiger partial charge in [-0.15, -0.1) is 0 Å². The van der Waals surface area contributed by atoms with Crippen molar-refractivity contribution in [2.75, 3.05) is 25.0 Å². The molecule has 1 aliphatic rings. The fourth-order valence-electron chi connectivity index (χ4n) is 2.24. The van der Waals surface area contributed by atoms with Gasteiger partial charge in [-0.1, -0.05) is 0 Å². The normalized spacial score (nSPS) is 16.8. The molecule has 7 nitrogen and oxygen atoms in total. The first kappa shape index (κ1) is 12.8. The van der Waals surface area contributed by atoms with Gasteiger partial charge in [-0.25, -0.2) is 0 Å². The zero-order valence-electron chi connectivity index (χ0n) is 10.8. The molecule has 0 unspecified atom stereocenters. The van der Waals surface area contributed by atoms with Gasteiger partial charge in [0.15, 0.2) is 0 Å². The fraction of sp³-hybridized carbons (Fsp3) is 0.727. The second-order valence-corrected chi connectivity index (χ2v) is 4.72. The molecule has 0 amide bonds. The standard InChI is InChI=1S/C11H19N5O2/c1-8-14-11(16(17)18)10(15(8)2)13-7-9-3-5-12-6-4-9/h9,12-13H,3-7H2,1-2H3. The molecule has 1 aliphatic heterocycles. The minimum Gasteiger partial charge on any atom is -0.364 e. The highest BCUT2D eigenvalue weighted by molar-refractivity contribution is 5.53. The van der Waals surface area contributed by atoms with Crippen LogP contribution in [0.3, 0.4) is 0 Å². The number of imidazole rings is 1. The largest absolute Gasteiger partial charge is 0.406 e. The van der Waals surface area contributed by atoms with Crippen LogP contribution in [0.2, 0.25) is 0 Å². The van der Waals surface area contributed by atoms with Gasteiger partial charge >= 0.3 is 5.82 Å². The predicted octanol–water partition coefficient (Wildman–Crippen LogP) is 1.05. The molecule has 2 heterocycles. The van der Waals surface area contributed by atoms with E-state index in [1.807, 2.05) is 0 Å². The van der Waals surface area contributed by atoms with E-state index >= 15 is 0 Å². The van der Waals surface area contributed by atoms with Crippen LogP contribution < -0.4 is 10.6 Å². The summed E-state index contributed by atoms with van der Waals surface area (Å²) < 4.78 is 1.74. The van der Waals surface area contributed by atoms with Crippen molar-refractivity contribution < 1.29 is 4.92 Å². The smallest absolute Gasteiger partial charge is 0.364 e. The topological polar surface area (TPSA) is 85.0 Å². The van der Waals surface area contributed by atoms with Gasteiger partial charge in [0.05, 0.1) is 0 Å². The maximum atomic E-state index is 10.9. The summed E-state index contributed by atoms with van der Waals surface area (Å²) in [6.45, 7) is 4.59.